The van der Waals surface area contributed by atoms with Crippen molar-refractivity contribution in [2.45, 2.75) is 38.6 Å². The first-order valence-corrected chi connectivity index (χ1v) is 11.3. The molecule has 180 valence electrons. The van der Waals surface area contributed by atoms with Gasteiger partial charge in [0.2, 0.25) is 5.95 Å². The number of anilines is 4. The molecule has 4 rings (SSSR count). The highest BCUT2D eigenvalue weighted by Gasteiger charge is 2.33. The fourth-order valence-electron chi connectivity index (χ4n) is 4.05. The molecule has 0 unspecified atom stereocenters. The van der Waals surface area contributed by atoms with Gasteiger partial charge in [-0.05, 0) is 26.3 Å². The number of halogens is 1. The monoisotopic (exact) mass is 468 g/mol. The molecule has 2 fully saturated rings. The number of ether oxygens (including phenoxy) is 1. The largest absolute Gasteiger partial charge is 0.382 e. The molecule has 2 atom stereocenters. The van der Waals surface area contributed by atoms with E-state index in [1.165, 1.54) is 13.3 Å². The number of pyridine rings is 1. The molecule has 0 bridgehead atoms. The molecule has 2 aromatic heterocycles. The second kappa shape index (κ2) is 10.2. The summed E-state index contributed by atoms with van der Waals surface area (Å²) in [6, 6.07) is 5.74. The first kappa shape index (κ1) is 23.6. The Bertz CT molecular complexity index is 1070. The van der Waals surface area contributed by atoms with Gasteiger partial charge in [0.1, 0.15) is 17.8 Å². The smallest absolute Gasteiger partial charge is 0.257 e. The molecule has 2 aliphatic heterocycles. The zero-order valence-electron chi connectivity index (χ0n) is 19.5. The van der Waals surface area contributed by atoms with Crippen molar-refractivity contribution >= 4 is 29.2 Å². The van der Waals surface area contributed by atoms with E-state index in [1.807, 2.05) is 13.8 Å². The minimum atomic E-state index is -1.11. The van der Waals surface area contributed by atoms with E-state index in [0.29, 0.717) is 54.9 Å². The van der Waals surface area contributed by atoms with Crippen molar-refractivity contribution in [2.24, 2.45) is 5.92 Å². The van der Waals surface area contributed by atoms with E-state index >= 15 is 0 Å². The highest BCUT2D eigenvalue weighted by atomic mass is 19.1. The lowest BCUT2D eigenvalue weighted by atomic mass is 10.0. The number of alkyl halides is 1. The van der Waals surface area contributed by atoms with E-state index in [0.717, 1.165) is 0 Å². The SMILES string of the molecule is CO[C@H]1CCN(c2nccc(Nc3cc(NC(C)C)c(C(=O)N4CC(C#N)C4)cn3)n2)C[C@H]1F. The third-order valence-corrected chi connectivity index (χ3v) is 5.90. The molecule has 0 aliphatic carbocycles. The van der Waals surface area contributed by atoms with Crippen LogP contribution in [-0.2, 0) is 4.74 Å². The molecule has 2 aliphatic rings. The standard InChI is InChI=1S/C23H29FN8O2/c1-14(2)28-18-8-21(27-10-16(18)22(33)32-11-15(9-25)12-32)29-20-4-6-26-23(30-20)31-7-5-19(34-3)17(24)13-31/h4,6,8,10,14-15,17,19H,5,7,11-13H2,1-3H3,(H2,26,27,28,29,30)/t17-,19+/m1/s1. The molecule has 1 amide bonds. The van der Waals surface area contributed by atoms with E-state index in [2.05, 4.69) is 31.7 Å². The average molecular weight is 469 g/mol. The summed E-state index contributed by atoms with van der Waals surface area (Å²) in [4.78, 5) is 29.6. The molecule has 0 spiro atoms. The number of rotatable bonds is 7. The number of amides is 1. The van der Waals surface area contributed by atoms with E-state index in [-0.39, 0.29) is 24.4 Å². The summed E-state index contributed by atoms with van der Waals surface area (Å²) in [5.41, 5.74) is 1.10. The average Bonchev–Trinajstić information content (AvgIpc) is 2.78. The maximum absolute atomic E-state index is 14.3. The quantitative estimate of drug-likeness (QED) is 0.632. The highest BCUT2D eigenvalue weighted by Crippen LogP contribution is 2.27. The number of methoxy groups -OCH3 is 1. The number of nitrogens with zero attached hydrogens (tertiary/aromatic N) is 6. The van der Waals surface area contributed by atoms with Crippen molar-refractivity contribution in [3.05, 3.63) is 30.1 Å². The van der Waals surface area contributed by atoms with Gasteiger partial charge in [-0.15, -0.1) is 0 Å². The van der Waals surface area contributed by atoms with Crippen LogP contribution in [0.3, 0.4) is 0 Å². The maximum atomic E-state index is 14.3. The number of piperidine rings is 1. The van der Waals surface area contributed by atoms with Crippen LogP contribution in [0.15, 0.2) is 24.5 Å². The summed E-state index contributed by atoms with van der Waals surface area (Å²) in [5, 5.41) is 15.4. The highest BCUT2D eigenvalue weighted by molar-refractivity contribution is 6.00. The molecule has 0 radical (unpaired) electrons. The fourth-order valence-corrected chi connectivity index (χ4v) is 4.05. The van der Waals surface area contributed by atoms with E-state index in [4.69, 9.17) is 10.00 Å². The fraction of sp³-hybridized carbons (Fsp3) is 0.522. The number of nitrogens with one attached hydrogen (secondary N) is 2. The maximum Gasteiger partial charge on any atom is 0.257 e. The Labute approximate surface area is 198 Å². The zero-order chi connectivity index (χ0) is 24.2. The summed E-state index contributed by atoms with van der Waals surface area (Å²) in [6.07, 6.45) is 2.19. The van der Waals surface area contributed by atoms with Gasteiger partial charge in [0, 0.05) is 51.2 Å². The Balaban J connectivity index is 1.50. The third kappa shape index (κ3) is 5.17. The molecule has 0 saturated carbocycles. The molecule has 0 aromatic carbocycles. The van der Waals surface area contributed by atoms with Gasteiger partial charge in [-0.1, -0.05) is 0 Å². The Kier molecular flexibility index (Phi) is 7.07. The van der Waals surface area contributed by atoms with Crippen LogP contribution in [0.4, 0.5) is 27.7 Å². The number of carbonyl (C=O) groups is 1. The zero-order valence-corrected chi connectivity index (χ0v) is 19.5. The Morgan fingerprint density at radius 1 is 1.29 bits per heavy atom. The summed E-state index contributed by atoms with van der Waals surface area (Å²) in [7, 11) is 1.52. The van der Waals surface area contributed by atoms with Crippen LogP contribution in [0.25, 0.3) is 0 Å². The lowest BCUT2D eigenvalue weighted by Crippen LogP contribution is -2.49. The number of hydrogen-bond donors (Lipinski definition) is 2. The van der Waals surface area contributed by atoms with E-state index in [1.54, 1.807) is 28.1 Å². The van der Waals surface area contributed by atoms with Crippen LogP contribution >= 0.6 is 0 Å². The molecular formula is C23H29FN8O2. The van der Waals surface area contributed by atoms with Gasteiger partial charge in [0.15, 0.2) is 0 Å². The van der Waals surface area contributed by atoms with Crippen molar-refractivity contribution in [1.29, 1.82) is 5.26 Å². The molecule has 2 aromatic rings. The van der Waals surface area contributed by atoms with Crippen LogP contribution in [0.2, 0.25) is 0 Å². The summed E-state index contributed by atoms with van der Waals surface area (Å²) in [6.45, 7) is 5.60. The lowest BCUT2D eigenvalue weighted by molar-refractivity contribution is 0.0194. The molecule has 11 heteroatoms. The van der Waals surface area contributed by atoms with Crippen LogP contribution in [-0.4, -0.2) is 77.4 Å². The number of aromatic nitrogens is 3. The summed E-state index contributed by atoms with van der Waals surface area (Å²) < 4.78 is 19.5. The van der Waals surface area contributed by atoms with Gasteiger partial charge in [-0.2, -0.15) is 10.2 Å². The van der Waals surface area contributed by atoms with Crippen molar-refractivity contribution in [3.8, 4) is 6.07 Å². The molecule has 34 heavy (non-hydrogen) atoms. The van der Waals surface area contributed by atoms with Crippen molar-refractivity contribution in [1.82, 2.24) is 19.9 Å². The van der Waals surface area contributed by atoms with Gasteiger partial charge >= 0.3 is 0 Å². The minimum absolute atomic E-state index is 0.0966. The number of carbonyl (C=O) groups excluding carboxylic acids is 1. The minimum Gasteiger partial charge on any atom is -0.382 e. The Morgan fingerprint density at radius 3 is 2.76 bits per heavy atom. The Hall–Kier alpha value is -3.52. The van der Waals surface area contributed by atoms with Gasteiger partial charge in [-0.3, -0.25) is 4.79 Å². The normalized spacial score (nSPS) is 20.6. The van der Waals surface area contributed by atoms with Gasteiger partial charge < -0.3 is 25.2 Å². The number of likely N-dealkylation sites (tertiary alicyclic amines) is 1. The topological polar surface area (TPSA) is 119 Å². The van der Waals surface area contributed by atoms with Crippen LogP contribution < -0.4 is 15.5 Å². The van der Waals surface area contributed by atoms with Crippen LogP contribution in [0.5, 0.6) is 0 Å². The molecule has 2 N–H and O–H groups in total. The predicted octanol–water partition coefficient (Wildman–Crippen LogP) is 2.59. The summed E-state index contributed by atoms with van der Waals surface area (Å²) >= 11 is 0. The van der Waals surface area contributed by atoms with Crippen LogP contribution in [0, 0.1) is 17.2 Å². The predicted molar refractivity (Wildman–Crippen MR) is 126 cm³/mol. The van der Waals surface area contributed by atoms with Crippen molar-refractivity contribution < 1.29 is 13.9 Å². The Morgan fingerprint density at radius 2 is 2.09 bits per heavy atom. The lowest BCUT2D eigenvalue weighted by Gasteiger charge is -2.35. The van der Waals surface area contributed by atoms with Crippen LogP contribution in [0.1, 0.15) is 30.6 Å². The molecule has 2 saturated heterocycles. The first-order chi connectivity index (χ1) is 16.4. The summed E-state index contributed by atoms with van der Waals surface area (Å²) in [5.74, 6) is 1.18. The van der Waals surface area contributed by atoms with Gasteiger partial charge in [0.25, 0.3) is 5.91 Å². The molecule has 10 nitrogen and oxygen atoms in total. The molecular weight excluding hydrogens is 439 g/mol. The third-order valence-electron chi connectivity index (χ3n) is 5.90. The van der Waals surface area contributed by atoms with Gasteiger partial charge in [0.05, 0.1) is 35.9 Å². The second-order valence-electron chi connectivity index (χ2n) is 8.84. The second-order valence-corrected chi connectivity index (χ2v) is 8.84. The first-order valence-electron chi connectivity index (χ1n) is 11.3. The van der Waals surface area contributed by atoms with E-state index < -0.39 is 12.3 Å². The van der Waals surface area contributed by atoms with Crippen molar-refractivity contribution in [3.63, 3.8) is 0 Å². The molecule has 4 heterocycles. The number of nitriles is 1. The number of hydrogen-bond acceptors (Lipinski definition) is 9. The van der Waals surface area contributed by atoms with E-state index in [9.17, 15) is 9.18 Å². The van der Waals surface area contributed by atoms with Crippen molar-refractivity contribution in [2.75, 3.05) is 48.8 Å². The van der Waals surface area contributed by atoms with Gasteiger partial charge in [-0.25, -0.2) is 14.4 Å².